The molecule has 1 amide bonds. The van der Waals surface area contributed by atoms with E-state index in [0.717, 1.165) is 4.90 Å². The second-order valence-electron chi connectivity index (χ2n) is 10.9. The van der Waals surface area contributed by atoms with E-state index < -0.39 is 46.2 Å². The molecule has 43 heavy (non-hydrogen) atoms. The first-order valence-electron chi connectivity index (χ1n) is 13.3. The average molecular weight is 611 g/mol. The van der Waals surface area contributed by atoms with Crippen molar-refractivity contribution in [3.63, 3.8) is 0 Å². The maximum absolute atomic E-state index is 14.0. The van der Waals surface area contributed by atoms with Crippen molar-refractivity contribution in [3.05, 3.63) is 76.7 Å². The van der Waals surface area contributed by atoms with E-state index in [9.17, 15) is 40.3 Å². The Hall–Kier alpha value is -4.00. The summed E-state index contributed by atoms with van der Waals surface area (Å²) in [5, 5.41) is 1.67. The zero-order valence-electron chi connectivity index (χ0n) is 23.8. The lowest BCUT2D eigenvalue weighted by Crippen LogP contribution is -2.42. The molecule has 0 atom stereocenters. The van der Waals surface area contributed by atoms with Gasteiger partial charge in [-0.3, -0.25) is 14.6 Å². The number of rotatable bonds is 5. The monoisotopic (exact) mass is 610 g/mol. The lowest BCUT2D eigenvalue weighted by atomic mass is 9.81. The number of Topliss-reactive ketones (excluding diaryl/α,β-unsaturated/α-hetero) is 1. The summed E-state index contributed by atoms with van der Waals surface area (Å²) in [6, 6.07) is 6.73. The first-order chi connectivity index (χ1) is 19.9. The molecule has 0 unspecified atom stereocenters. The predicted molar refractivity (Wildman–Crippen MR) is 147 cm³/mol. The molecule has 0 bridgehead atoms. The van der Waals surface area contributed by atoms with Gasteiger partial charge in [-0.15, -0.1) is 0 Å². The van der Waals surface area contributed by atoms with E-state index >= 15 is 0 Å². The lowest BCUT2D eigenvalue weighted by molar-refractivity contribution is -0.143. The van der Waals surface area contributed by atoms with E-state index in [1.54, 1.807) is 18.0 Å². The maximum atomic E-state index is 14.0. The molecule has 0 aliphatic carbocycles. The minimum Gasteiger partial charge on any atom is -0.313 e. The zero-order chi connectivity index (χ0) is 31.9. The van der Waals surface area contributed by atoms with Gasteiger partial charge in [-0.1, -0.05) is 6.07 Å². The van der Waals surface area contributed by atoms with Crippen molar-refractivity contribution in [2.75, 3.05) is 30.0 Å². The van der Waals surface area contributed by atoms with Crippen LogP contribution in [0.1, 0.15) is 48.9 Å². The number of aromatic nitrogens is 1. The first-order valence-corrected chi connectivity index (χ1v) is 13.3. The van der Waals surface area contributed by atoms with Crippen molar-refractivity contribution < 1.29 is 40.3 Å². The number of likely N-dealkylation sites (N-methyl/N-ethyl adjacent to an activating group) is 1. The van der Waals surface area contributed by atoms with Gasteiger partial charge in [0.2, 0.25) is 5.91 Å². The number of anilines is 2. The van der Waals surface area contributed by atoms with Crippen molar-refractivity contribution in [1.82, 2.24) is 10.4 Å². The van der Waals surface area contributed by atoms with E-state index in [-0.39, 0.29) is 24.0 Å². The molecule has 6 nitrogen and oxygen atoms in total. The third kappa shape index (κ3) is 6.82. The van der Waals surface area contributed by atoms with Gasteiger partial charge in [0, 0.05) is 38.5 Å². The molecule has 4 rings (SSSR count). The largest absolute Gasteiger partial charge is 0.416 e. The molecule has 1 saturated heterocycles. The molecule has 2 aromatic carbocycles. The molecule has 13 heteroatoms. The van der Waals surface area contributed by atoms with Crippen molar-refractivity contribution in [1.29, 1.82) is 0 Å². The number of hydrogen-bond donors (Lipinski definition) is 1. The molecule has 230 valence electrons. The van der Waals surface area contributed by atoms with E-state index in [1.807, 2.05) is 0 Å². The summed E-state index contributed by atoms with van der Waals surface area (Å²) in [7, 11) is 1.34. The topological polar surface area (TPSA) is 65.5 Å². The van der Waals surface area contributed by atoms with Gasteiger partial charge in [0.05, 0.1) is 28.4 Å². The van der Waals surface area contributed by atoms with Gasteiger partial charge < -0.3 is 4.90 Å². The van der Waals surface area contributed by atoms with Crippen LogP contribution in [0.3, 0.4) is 0 Å². The average Bonchev–Trinajstić information content (AvgIpc) is 3.15. The van der Waals surface area contributed by atoms with Crippen LogP contribution < -0.4 is 15.3 Å². The smallest absolute Gasteiger partial charge is 0.313 e. The lowest BCUT2D eigenvalue weighted by Gasteiger charge is -2.32. The number of nitrogens with zero attached hydrogens (tertiary/aromatic N) is 3. The van der Waals surface area contributed by atoms with Gasteiger partial charge >= 0.3 is 12.4 Å². The van der Waals surface area contributed by atoms with Gasteiger partial charge in [-0.05, 0) is 73.9 Å². The minimum atomic E-state index is -5.08. The van der Waals surface area contributed by atoms with Gasteiger partial charge in [-0.25, -0.2) is 14.8 Å². The van der Waals surface area contributed by atoms with Crippen LogP contribution in [0, 0.1) is 12.7 Å². The second kappa shape index (κ2) is 11.6. The Morgan fingerprint density at radius 1 is 0.907 bits per heavy atom. The maximum Gasteiger partial charge on any atom is 0.416 e. The number of carbonyl (C=O) groups is 2. The summed E-state index contributed by atoms with van der Waals surface area (Å²) < 4.78 is 95.4. The SMILES string of the molecule is Cc1cc(F)ccc1-c1cc(N2CCC(=O)CCN2)ncc1N(C)C(=O)C(C)(C)c1cc(C(F)(F)F)cc(C(F)(F)F)c1. The Kier molecular flexibility index (Phi) is 8.60. The van der Waals surface area contributed by atoms with Crippen LogP contribution in [0.2, 0.25) is 0 Å². The fraction of sp³-hybridized carbons (Fsp3) is 0.367. The zero-order valence-corrected chi connectivity index (χ0v) is 23.8. The summed E-state index contributed by atoms with van der Waals surface area (Å²) in [5.74, 6) is -0.851. The minimum absolute atomic E-state index is 0.0102. The third-order valence-electron chi connectivity index (χ3n) is 7.45. The van der Waals surface area contributed by atoms with Crippen LogP contribution in [0.5, 0.6) is 0 Å². The van der Waals surface area contributed by atoms with E-state index in [2.05, 4.69) is 10.4 Å². The summed E-state index contributed by atoms with van der Waals surface area (Å²) in [4.78, 5) is 31.4. The highest BCUT2D eigenvalue weighted by atomic mass is 19.4. The van der Waals surface area contributed by atoms with E-state index in [4.69, 9.17) is 0 Å². The number of hydrazine groups is 1. The van der Waals surface area contributed by atoms with Crippen molar-refractivity contribution in [2.45, 2.75) is 51.4 Å². The Labute approximate surface area is 243 Å². The first kappa shape index (κ1) is 31.9. The Bertz CT molecular complexity index is 1520. The number of alkyl halides is 6. The van der Waals surface area contributed by atoms with Crippen molar-refractivity contribution in [2.24, 2.45) is 0 Å². The number of halogens is 7. The molecule has 1 aromatic heterocycles. The van der Waals surface area contributed by atoms with Gasteiger partial charge in [-0.2, -0.15) is 26.3 Å². The summed E-state index contributed by atoms with van der Waals surface area (Å²) in [6.45, 7) is 4.81. The molecule has 0 spiro atoms. The van der Waals surface area contributed by atoms with Gasteiger partial charge in [0.25, 0.3) is 0 Å². The quantitative estimate of drug-likeness (QED) is 0.321. The van der Waals surface area contributed by atoms with Crippen molar-refractivity contribution in [3.8, 4) is 11.1 Å². The van der Waals surface area contributed by atoms with E-state index in [1.165, 1.54) is 45.3 Å². The molecule has 3 aromatic rings. The van der Waals surface area contributed by atoms with Crippen LogP contribution in [0.25, 0.3) is 11.1 Å². The molecular formula is C30H29F7N4O2. The van der Waals surface area contributed by atoms with Crippen LogP contribution in [0.15, 0.2) is 48.7 Å². The Morgan fingerprint density at radius 3 is 2.09 bits per heavy atom. The highest BCUT2D eigenvalue weighted by Crippen LogP contribution is 2.41. The van der Waals surface area contributed by atoms with Crippen LogP contribution in [-0.4, -0.2) is 36.8 Å². The second-order valence-corrected chi connectivity index (χ2v) is 10.9. The van der Waals surface area contributed by atoms with Gasteiger partial charge in [0.1, 0.15) is 17.4 Å². The number of ketones is 1. The standard InChI is InChI=1S/C30H29F7N4O2/c1-17-11-21(31)5-6-23(17)24-15-26(41-10-8-22(42)7-9-39-41)38-16-25(24)40(4)27(43)28(2,3)18-12-19(29(32,33)34)14-20(13-18)30(35,36)37/h5-6,11-16,39H,7-10H2,1-4H3. The summed E-state index contributed by atoms with van der Waals surface area (Å²) in [5.41, 5.74) is -0.665. The van der Waals surface area contributed by atoms with Crippen molar-refractivity contribution >= 4 is 23.2 Å². The number of nitrogens with one attached hydrogen (secondary N) is 1. The van der Waals surface area contributed by atoms with Crippen LogP contribution in [-0.2, 0) is 27.4 Å². The fourth-order valence-corrected chi connectivity index (χ4v) is 4.93. The fourth-order valence-electron chi connectivity index (χ4n) is 4.93. The molecule has 1 aliphatic heterocycles. The van der Waals surface area contributed by atoms with Crippen LogP contribution >= 0.6 is 0 Å². The number of aryl methyl sites for hydroxylation is 1. The van der Waals surface area contributed by atoms with Crippen LogP contribution in [0.4, 0.5) is 42.2 Å². The molecule has 1 aliphatic rings. The van der Waals surface area contributed by atoms with Gasteiger partial charge in [0.15, 0.2) is 0 Å². The normalized spacial score (nSPS) is 15.0. The highest BCUT2D eigenvalue weighted by molar-refractivity contribution is 6.03. The molecule has 0 radical (unpaired) electrons. The summed E-state index contributed by atoms with van der Waals surface area (Å²) in [6.07, 6.45) is -8.22. The number of pyridine rings is 1. The number of benzene rings is 2. The molecular weight excluding hydrogens is 581 g/mol. The molecule has 1 fully saturated rings. The van der Waals surface area contributed by atoms with E-state index in [0.29, 0.717) is 54.2 Å². The predicted octanol–water partition coefficient (Wildman–Crippen LogP) is 6.85. The Morgan fingerprint density at radius 2 is 1.51 bits per heavy atom. The number of carbonyl (C=O) groups excluding carboxylic acids is 2. The number of hydrogen-bond acceptors (Lipinski definition) is 5. The highest BCUT2D eigenvalue weighted by Gasteiger charge is 2.41. The molecule has 1 N–H and O–H groups in total. The molecule has 2 heterocycles. The molecule has 0 saturated carbocycles. The Balaban J connectivity index is 1.82. The third-order valence-corrected chi connectivity index (χ3v) is 7.45. The number of amides is 1. The summed E-state index contributed by atoms with van der Waals surface area (Å²) >= 11 is 0.